The van der Waals surface area contributed by atoms with Gasteiger partial charge in [-0.1, -0.05) is 42.5 Å². The maximum atomic E-state index is 14.0. The van der Waals surface area contributed by atoms with E-state index in [2.05, 4.69) is 10.6 Å². The number of phenols is 1. The van der Waals surface area contributed by atoms with Crippen LogP contribution in [-0.4, -0.2) is 51.5 Å². The first kappa shape index (κ1) is 29.9. The Balaban J connectivity index is 2.02. The Kier molecular flexibility index (Phi) is 9.36. The molecule has 0 saturated heterocycles. The van der Waals surface area contributed by atoms with Crippen LogP contribution in [0.15, 0.2) is 66.7 Å². The molecule has 0 fully saturated rings. The third-order valence-electron chi connectivity index (χ3n) is 5.93. The van der Waals surface area contributed by atoms with Gasteiger partial charge in [0.25, 0.3) is 5.91 Å². The van der Waals surface area contributed by atoms with Crippen molar-refractivity contribution >= 4 is 40.3 Å². The van der Waals surface area contributed by atoms with Crippen molar-refractivity contribution in [1.29, 1.82) is 0 Å². The van der Waals surface area contributed by atoms with Gasteiger partial charge < -0.3 is 31.1 Å². The fraction of sp³-hybridized carbons (Fsp3) is 0.333. The second-order valence-electron chi connectivity index (χ2n) is 10.8. The summed E-state index contributed by atoms with van der Waals surface area (Å²) < 4.78 is 5.28. The molecule has 0 aliphatic heterocycles. The number of phenolic OH excluding ortho intramolecular Hbond substituents is 1. The van der Waals surface area contributed by atoms with Crippen molar-refractivity contribution in [2.75, 3.05) is 5.32 Å². The largest absolute Gasteiger partial charge is 0.508 e. The fourth-order valence-electron chi connectivity index (χ4n) is 4.32. The van der Waals surface area contributed by atoms with Gasteiger partial charge in [0.15, 0.2) is 0 Å². The van der Waals surface area contributed by atoms with E-state index in [4.69, 9.17) is 10.5 Å². The van der Waals surface area contributed by atoms with Crippen LogP contribution in [0.1, 0.15) is 52.6 Å². The minimum absolute atomic E-state index is 0.0993. The van der Waals surface area contributed by atoms with Gasteiger partial charge in [0.05, 0.1) is 6.42 Å². The van der Waals surface area contributed by atoms with E-state index >= 15 is 0 Å². The van der Waals surface area contributed by atoms with Crippen LogP contribution in [0, 0.1) is 0 Å². The molecular weight excluding hydrogens is 512 g/mol. The molecule has 2 unspecified atom stereocenters. The number of aromatic hydroxyl groups is 1. The summed E-state index contributed by atoms with van der Waals surface area (Å²) in [5.74, 6) is -2.20. The molecule has 3 aromatic rings. The highest BCUT2D eigenvalue weighted by Gasteiger charge is 2.38. The van der Waals surface area contributed by atoms with Crippen LogP contribution < -0.4 is 16.4 Å². The molecule has 0 aliphatic carbocycles. The van der Waals surface area contributed by atoms with Crippen LogP contribution in [0.2, 0.25) is 0 Å². The van der Waals surface area contributed by atoms with Crippen molar-refractivity contribution in [3.8, 4) is 5.75 Å². The molecule has 5 N–H and O–H groups in total. The number of benzene rings is 3. The van der Waals surface area contributed by atoms with Gasteiger partial charge in [0.1, 0.15) is 23.4 Å². The molecule has 2 atom stereocenters. The van der Waals surface area contributed by atoms with Gasteiger partial charge >= 0.3 is 6.09 Å². The summed E-state index contributed by atoms with van der Waals surface area (Å²) in [4.78, 5) is 53.5. The standard InChI is InChI=1S/C30H36N4O6/c1-18(2)34(28(38)24(17-25(31)36)33-29(39)40-30(3,4)5)26(21-11-8-12-23(35)16-21)27(37)32-22-14-13-19-9-6-7-10-20(19)15-22/h6-16,18,24,26,35H,17H2,1-5H3,(H2,31,36)(H,32,37)(H,33,39). The Morgan fingerprint density at radius 2 is 1.62 bits per heavy atom. The van der Waals surface area contributed by atoms with Gasteiger partial charge in [0, 0.05) is 11.7 Å². The van der Waals surface area contributed by atoms with Gasteiger partial charge in [0.2, 0.25) is 11.8 Å². The maximum Gasteiger partial charge on any atom is 0.408 e. The zero-order chi connectivity index (χ0) is 29.6. The van der Waals surface area contributed by atoms with E-state index in [9.17, 15) is 24.3 Å². The molecule has 0 aromatic heterocycles. The Morgan fingerprint density at radius 1 is 0.950 bits per heavy atom. The quantitative estimate of drug-likeness (QED) is 0.314. The van der Waals surface area contributed by atoms with E-state index in [1.807, 2.05) is 36.4 Å². The normalized spacial score (nSPS) is 12.8. The molecule has 0 bridgehead atoms. The maximum absolute atomic E-state index is 14.0. The van der Waals surface area contributed by atoms with Crippen LogP contribution in [0.4, 0.5) is 10.5 Å². The van der Waals surface area contributed by atoms with E-state index in [1.165, 1.54) is 17.0 Å². The SMILES string of the molecule is CC(C)N(C(=O)C(CC(N)=O)NC(=O)OC(C)(C)C)C(C(=O)Nc1ccc2ccccc2c1)c1cccc(O)c1. The van der Waals surface area contributed by atoms with Crippen LogP contribution in [0.25, 0.3) is 10.8 Å². The van der Waals surface area contributed by atoms with Gasteiger partial charge in [-0.15, -0.1) is 0 Å². The van der Waals surface area contributed by atoms with E-state index in [1.54, 1.807) is 52.8 Å². The smallest absolute Gasteiger partial charge is 0.408 e. The predicted octanol–water partition coefficient (Wildman–Crippen LogP) is 4.23. The van der Waals surface area contributed by atoms with Gasteiger partial charge in [-0.05, 0) is 75.2 Å². The number of hydrogen-bond acceptors (Lipinski definition) is 6. The van der Waals surface area contributed by atoms with Crippen LogP contribution in [0.5, 0.6) is 5.75 Å². The van der Waals surface area contributed by atoms with Crippen molar-refractivity contribution in [2.24, 2.45) is 5.73 Å². The first-order valence-electron chi connectivity index (χ1n) is 12.9. The zero-order valence-corrected chi connectivity index (χ0v) is 23.3. The number of carbonyl (C=O) groups is 4. The zero-order valence-electron chi connectivity index (χ0n) is 23.3. The molecule has 3 aromatic carbocycles. The molecule has 10 heteroatoms. The third kappa shape index (κ3) is 7.95. The number of nitrogens with one attached hydrogen (secondary N) is 2. The summed E-state index contributed by atoms with van der Waals surface area (Å²) in [6.45, 7) is 8.38. The Hall–Kier alpha value is -4.60. The summed E-state index contributed by atoms with van der Waals surface area (Å²) in [7, 11) is 0. The van der Waals surface area contributed by atoms with E-state index < -0.39 is 54.0 Å². The first-order valence-corrected chi connectivity index (χ1v) is 12.9. The molecule has 212 valence electrons. The number of primary amides is 1. The molecule has 4 amide bonds. The summed E-state index contributed by atoms with van der Waals surface area (Å²) >= 11 is 0. The summed E-state index contributed by atoms with van der Waals surface area (Å²) in [5.41, 5.74) is 5.39. The van der Waals surface area contributed by atoms with Crippen LogP contribution in [-0.2, 0) is 19.1 Å². The minimum atomic E-state index is -1.40. The molecular formula is C30H36N4O6. The number of carbonyl (C=O) groups excluding carboxylic acids is 4. The molecule has 0 heterocycles. The number of nitrogens with two attached hydrogens (primary N) is 1. The van der Waals surface area contributed by atoms with E-state index in [0.29, 0.717) is 11.3 Å². The monoisotopic (exact) mass is 548 g/mol. The lowest BCUT2D eigenvalue weighted by molar-refractivity contribution is -0.143. The topological polar surface area (TPSA) is 151 Å². The number of nitrogens with zero attached hydrogens (tertiary/aromatic N) is 1. The number of anilines is 1. The highest BCUT2D eigenvalue weighted by atomic mass is 16.6. The number of rotatable bonds is 9. The summed E-state index contributed by atoms with van der Waals surface area (Å²) in [6, 6.07) is 15.9. The molecule has 0 aliphatic rings. The van der Waals surface area contributed by atoms with Crippen LogP contribution >= 0.6 is 0 Å². The lowest BCUT2D eigenvalue weighted by Crippen LogP contribution is -2.55. The molecule has 40 heavy (non-hydrogen) atoms. The lowest BCUT2D eigenvalue weighted by atomic mass is 10.00. The van der Waals surface area contributed by atoms with Gasteiger partial charge in [-0.3, -0.25) is 14.4 Å². The van der Waals surface area contributed by atoms with Crippen molar-refractivity contribution < 1.29 is 29.0 Å². The Bertz CT molecular complexity index is 1400. The fourth-order valence-corrected chi connectivity index (χ4v) is 4.32. The number of fused-ring (bicyclic) bond motifs is 1. The molecule has 10 nitrogen and oxygen atoms in total. The molecule has 0 spiro atoms. The van der Waals surface area contributed by atoms with E-state index in [0.717, 1.165) is 10.8 Å². The number of ether oxygens (including phenoxy) is 1. The van der Waals surface area contributed by atoms with Crippen molar-refractivity contribution in [3.05, 3.63) is 72.3 Å². The molecule has 0 saturated carbocycles. The van der Waals surface area contributed by atoms with Crippen molar-refractivity contribution in [1.82, 2.24) is 10.2 Å². The van der Waals surface area contributed by atoms with E-state index in [-0.39, 0.29) is 5.75 Å². The minimum Gasteiger partial charge on any atom is -0.508 e. The van der Waals surface area contributed by atoms with Crippen molar-refractivity contribution in [3.63, 3.8) is 0 Å². The Labute approximate surface area is 233 Å². The van der Waals surface area contributed by atoms with Crippen molar-refractivity contribution in [2.45, 2.75) is 64.8 Å². The predicted molar refractivity (Wildman–Crippen MR) is 152 cm³/mol. The summed E-state index contributed by atoms with van der Waals surface area (Å²) in [6.07, 6.45) is -1.43. The molecule has 0 radical (unpaired) electrons. The molecule has 3 rings (SSSR count). The second kappa shape index (κ2) is 12.5. The number of hydrogen-bond donors (Lipinski definition) is 4. The third-order valence-corrected chi connectivity index (χ3v) is 5.93. The van der Waals surface area contributed by atoms with Gasteiger partial charge in [-0.25, -0.2) is 4.79 Å². The average molecular weight is 549 g/mol. The average Bonchev–Trinajstić information content (AvgIpc) is 2.84. The Morgan fingerprint density at radius 3 is 2.23 bits per heavy atom. The lowest BCUT2D eigenvalue weighted by Gasteiger charge is -2.37. The second-order valence-corrected chi connectivity index (χ2v) is 10.8. The summed E-state index contributed by atoms with van der Waals surface area (Å²) in [5, 5.41) is 17.4. The number of amides is 4. The highest BCUT2D eigenvalue weighted by molar-refractivity contribution is 6.01. The first-order chi connectivity index (χ1) is 18.7. The van der Waals surface area contributed by atoms with Gasteiger partial charge in [-0.2, -0.15) is 0 Å². The number of alkyl carbamates (subject to hydrolysis) is 1. The highest BCUT2D eigenvalue weighted by Crippen LogP contribution is 2.29. The van der Waals surface area contributed by atoms with Crippen LogP contribution in [0.3, 0.4) is 0 Å².